The minimum Gasteiger partial charge on any atom is -0.465 e. The average Bonchev–Trinajstić information content (AvgIpc) is 2.78. The first kappa shape index (κ1) is 19.8. The summed E-state index contributed by atoms with van der Waals surface area (Å²) in [6, 6.07) is -2.06. The summed E-state index contributed by atoms with van der Waals surface area (Å²) in [5, 5.41) is 0.704. The van der Waals surface area contributed by atoms with E-state index in [2.05, 4.69) is 0 Å². The van der Waals surface area contributed by atoms with Gasteiger partial charge in [0.05, 0.1) is 24.7 Å². The topological polar surface area (TPSA) is 146 Å². The number of urea groups is 1. The van der Waals surface area contributed by atoms with Crippen LogP contribution in [0.15, 0.2) is 0 Å². The Balaban J connectivity index is 1.63. The molecule has 2 saturated heterocycles. The van der Waals surface area contributed by atoms with Crippen LogP contribution in [-0.2, 0) is 33.2 Å². The Morgan fingerprint density at radius 3 is 2.56 bits per heavy atom. The van der Waals surface area contributed by atoms with Gasteiger partial charge in [-0.1, -0.05) is 6.42 Å². The largest absolute Gasteiger partial charge is 0.465 e. The smallest absolute Gasteiger partial charge is 0.421 e. The maximum atomic E-state index is 12.4. The Bertz CT molecular complexity index is 735. The van der Waals surface area contributed by atoms with Crippen molar-refractivity contribution in [2.45, 2.75) is 51.1 Å². The van der Waals surface area contributed by atoms with Crippen molar-refractivity contribution in [1.29, 1.82) is 0 Å². The van der Waals surface area contributed by atoms with Crippen molar-refractivity contribution in [3.05, 3.63) is 0 Å². The Hall–Kier alpha value is -1.92. The van der Waals surface area contributed by atoms with Crippen molar-refractivity contribution in [2.75, 3.05) is 19.8 Å². The lowest BCUT2D eigenvalue weighted by Gasteiger charge is -2.38. The number of carbonyl (C=O) groups excluding carboxylic acids is 3. The monoisotopic (exact) mass is 405 g/mol. The minimum atomic E-state index is -4.58. The molecule has 2 atom stereocenters. The number of nitrogens with two attached hydrogens (primary N) is 1. The van der Waals surface area contributed by atoms with E-state index in [0.29, 0.717) is 30.7 Å². The molecule has 11 nitrogen and oxygen atoms in total. The molecule has 152 valence electrons. The van der Waals surface area contributed by atoms with Gasteiger partial charge in [-0.2, -0.15) is 13.5 Å². The number of hydroxylamine groups is 2. The van der Waals surface area contributed by atoms with Crippen molar-refractivity contribution in [2.24, 2.45) is 11.1 Å². The standard InChI is InChI=1S/C15H23N3O8S/c1-2-24-13(20)15(6-3-7-15)9-25-27(22,23)26-18-10-4-5-11(12(16)19)17(8-10)14(18)21/h10-11H,2-9H2,1H3,(H2,16,19)/t10-,11+/m1/s1. The lowest BCUT2D eigenvalue weighted by Crippen LogP contribution is -2.47. The van der Waals surface area contributed by atoms with Crippen molar-refractivity contribution >= 4 is 28.3 Å². The van der Waals surface area contributed by atoms with Gasteiger partial charge >= 0.3 is 22.4 Å². The summed E-state index contributed by atoms with van der Waals surface area (Å²) in [6.07, 6.45) is 2.39. The van der Waals surface area contributed by atoms with E-state index < -0.39 is 52.4 Å². The number of carbonyl (C=O) groups is 3. The van der Waals surface area contributed by atoms with Gasteiger partial charge in [-0.25, -0.2) is 8.98 Å². The van der Waals surface area contributed by atoms with Gasteiger partial charge in [0.1, 0.15) is 6.04 Å². The molecule has 0 radical (unpaired) electrons. The van der Waals surface area contributed by atoms with Crippen LogP contribution in [0.4, 0.5) is 4.79 Å². The van der Waals surface area contributed by atoms with Crippen LogP contribution in [-0.4, -0.2) is 68.1 Å². The number of rotatable bonds is 8. The first-order chi connectivity index (χ1) is 12.7. The molecule has 0 unspecified atom stereocenters. The van der Waals surface area contributed by atoms with Crippen LogP contribution in [0.1, 0.15) is 39.0 Å². The van der Waals surface area contributed by atoms with Gasteiger partial charge in [0.25, 0.3) is 0 Å². The fraction of sp³-hybridized carbons (Fsp3) is 0.800. The van der Waals surface area contributed by atoms with Gasteiger partial charge in [-0.15, -0.1) is 4.28 Å². The van der Waals surface area contributed by atoms with Crippen LogP contribution in [0.3, 0.4) is 0 Å². The molecule has 3 fully saturated rings. The molecule has 0 aromatic carbocycles. The Morgan fingerprint density at radius 1 is 1.30 bits per heavy atom. The lowest BCUT2D eigenvalue weighted by molar-refractivity contribution is -0.164. The molecule has 0 aromatic heterocycles. The summed E-state index contributed by atoms with van der Waals surface area (Å²) in [4.78, 5) is 37.0. The van der Waals surface area contributed by atoms with Gasteiger partial charge in [0.2, 0.25) is 5.91 Å². The average molecular weight is 405 g/mol. The number of hydrogen-bond donors (Lipinski definition) is 1. The Morgan fingerprint density at radius 2 is 2.00 bits per heavy atom. The SMILES string of the molecule is CCOC(=O)C1(COS(=O)(=O)ON2C(=O)N3C[C@H]2CC[C@H]3C(N)=O)CCC1. The van der Waals surface area contributed by atoms with E-state index in [-0.39, 0.29) is 13.2 Å². The zero-order chi connectivity index (χ0) is 19.8. The maximum Gasteiger partial charge on any atom is 0.421 e. The fourth-order valence-corrected chi connectivity index (χ4v) is 4.42. The van der Waals surface area contributed by atoms with Crippen molar-refractivity contribution in [1.82, 2.24) is 9.96 Å². The fourth-order valence-electron chi connectivity index (χ4n) is 3.63. The molecule has 2 aliphatic heterocycles. The number of fused-ring (bicyclic) bond motifs is 2. The third-order valence-corrected chi connectivity index (χ3v) is 6.07. The highest BCUT2D eigenvalue weighted by atomic mass is 32.3. The molecule has 3 aliphatic rings. The second-order valence-electron chi connectivity index (χ2n) is 7.01. The quantitative estimate of drug-likeness (QED) is 0.540. The molecular weight excluding hydrogens is 382 g/mol. The second-order valence-corrected chi connectivity index (χ2v) is 8.21. The van der Waals surface area contributed by atoms with E-state index in [0.717, 1.165) is 6.42 Å². The molecule has 2 heterocycles. The summed E-state index contributed by atoms with van der Waals surface area (Å²) in [6.45, 7) is 1.59. The highest BCUT2D eigenvalue weighted by molar-refractivity contribution is 7.81. The molecule has 3 rings (SSSR count). The van der Waals surface area contributed by atoms with Gasteiger partial charge < -0.3 is 15.4 Å². The number of hydrogen-bond acceptors (Lipinski definition) is 8. The number of nitrogens with zero attached hydrogens (tertiary/aromatic N) is 2. The number of piperidine rings is 1. The van der Waals surface area contributed by atoms with Crippen LogP contribution >= 0.6 is 0 Å². The van der Waals surface area contributed by atoms with E-state index in [1.165, 1.54) is 4.90 Å². The Kier molecular flexibility index (Phi) is 5.32. The molecule has 0 aromatic rings. The van der Waals surface area contributed by atoms with Crippen LogP contribution in [0.25, 0.3) is 0 Å². The highest BCUT2D eigenvalue weighted by Gasteiger charge is 2.50. The predicted octanol–water partition coefficient (Wildman–Crippen LogP) is -0.333. The summed E-state index contributed by atoms with van der Waals surface area (Å²) < 4.78 is 39.1. The minimum absolute atomic E-state index is 0.148. The first-order valence-electron chi connectivity index (χ1n) is 8.84. The maximum absolute atomic E-state index is 12.4. The zero-order valence-corrected chi connectivity index (χ0v) is 15.8. The van der Waals surface area contributed by atoms with Gasteiger partial charge in [0.15, 0.2) is 0 Å². The van der Waals surface area contributed by atoms with Crippen LogP contribution < -0.4 is 5.73 Å². The number of ether oxygens (including phenoxy) is 1. The van der Waals surface area contributed by atoms with Crippen LogP contribution in [0.2, 0.25) is 0 Å². The van der Waals surface area contributed by atoms with Crippen LogP contribution in [0, 0.1) is 5.41 Å². The third-order valence-electron chi connectivity index (χ3n) is 5.32. The third kappa shape index (κ3) is 3.73. The molecule has 2 N–H and O–H groups in total. The molecule has 12 heteroatoms. The predicted molar refractivity (Wildman–Crippen MR) is 88.8 cm³/mol. The normalized spacial score (nSPS) is 26.6. The summed E-state index contributed by atoms with van der Waals surface area (Å²) >= 11 is 0. The summed E-state index contributed by atoms with van der Waals surface area (Å²) in [5.41, 5.74) is 4.28. The second kappa shape index (κ2) is 7.24. The molecule has 1 aliphatic carbocycles. The van der Waals surface area contributed by atoms with Gasteiger partial charge in [-0.05, 0) is 32.6 Å². The Labute approximate surface area is 157 Å². The van der Waals surface area contributed by atoms with Crippen LogP contribution in [0.5, 0.6) is 0 Å². The summed E-state index contributed by atoms with van der Waals surface area (Å²) in [7, 11) is -4.58. The van der Waals surface area contributed by atoms with Crippen molar-refractivity contribution < 1.29 is 36.0 Å². The lowest BCUT2D eigenvalue weighted by atomic mass is 9.69. The first-order valence-corrected chi connectivity index (χ1v) is 10.2. The molecule has 1 saturated carbocycles. The van der Waals surface area contributed by atoms with E-state index in [1.54, 1.807) is 6.92 Å². The molecule has 2 bridgehead atoms. The van der Waals surface area contributed by atoms with E-state index in [1.807, 2.05) is 0 Å². The number of amides is 3. The van der Waals surface area contributed by atoms with Crippen molar-refractivity contribution in [3.8, 4) is 0 Å². The zero-order valence-electron chi connectivity index (χ0n) is 15.0. The molecular formula is C15H23N3O8S. The summed E-state index contributed by atoms with van der Waals surface area (Å²) in [5.74, 6) is -1.15. The van der Waals surface area contributed by atoms with Crippen molar-refractivity contribution in [3.63, 3.8) is 0 Å². The van der Waals surface area contributed by atoms with E-state index in [4.69, 9.17) is 18.9 Å². The van der Waals surface area contributed by atoms with Gasteiger partial charge in [-0.3, -0.25) is 9.59 Å². The van der Waals surface area contributed by atoms with Gasteiger partial charge in [0, 0.05) is 6.54 Å². The molecule has 0 spiro atoms. The number of primary amides is 1. The molecule has 27 heavy (non-hydrogen) atoms. The van der Waals surface area contributed by atoms with E-state index in [9.17, 15) is 22.8 Å². The van der Waals surface area contributed by atoms with E-state index >= 15 is 0 Å². The highest BCUT2D eigenvalue weighted by Crippen LogP contribution is 2.43. The number of esters is 1. The molecule has 3 amide bonds.